The van der Waals surface area contributed by atoms with Crippen molar-refractivity contribution in [3.8, 4) is 5.75 Å². The van der Waals surface area contributed by atoms with E-state index in [-0.39, 0.29) is 0 Å². The van der Waals surface area contributed by atoms with Crippen molar-refractivity contribution in [1.82, 2.24) is 9.88 Å². The minimum atomic E-state index is 0.341. The van der Waals surface area contributed by atoms with Gasteiger partial charge in [-0.15, -0.1) is 0 Å². The highest BCUT2D eigenvalue weighted by Crippen LogP contribution is 2.17. The first-order valence-corrected chi connectivity index (χ1v) is 5.00. The molecule has 0 bridgehead atoms. The number of aromatic nitrogens is 1. The third kappa shape index (κ3) is 2.19. The van der Waals surface area contributed by atoms with Crippen molar-refractivity contribution in [3.63, 3.8) is 0 Å². The smallest absolute Gasteiger partial charge is 0.138 e. The summed E-state index contributed by atoms with van der Waals surface area (Å²) < 4.78 is 6.49. The Morgan fingerprint density at radius 3 is 2.85 bits per heavy atom. The van der Waals surface area contributed by atoms with Gasteiger partial charge in [-0.3, -0.25) is 4.90 Å². The van der Waals surface area contributed by atoms with Crippen LogP contribution in [0.2, 0.25) is 0 Å². The summed E-state index contributed by atoms with van der Waals surface area (Å²) in [7, 11) is 2.08. The molecule has 1 aromatic rings. The van der Waals surface area contributed by atoms with E-state index >= 15 is 0 Å². The summed E-state index contributed by atoms with van der Waals surface area (Å²) in [5.41, 5.74) is 0. The first-order chi connectivity index (χ1) is 6.24. The van der Waals surface area contributed by atoms with Crippen LogP contribution in [0.4, 0.5) is 0 Å². The van der Waals surface area contributed by atoms with Gasteiger partial charge < -0.3 is 4.74 Å². The largest absolute Gasteiger partial charge is 0.486 e. The molecule has 4 heteroatoms. The lowest BCUT2D eigenvalue weighted by molar-refractivity contribution is 0.0385. The van der Waals surface area contributed by atoms with Gasteiger partial charge in [0, 0.05) is 13.1 Å². The Morgan fingerprint density at radius 2 is 2.31 bits per heavy atom. The van der Waals surface area contributed by atoms with E-state index in [2.05, 4.69) is 32.9 Å². The van der Waals surface area contributed by atoms with Gasteiger partial charge in [-0.1, -0.05) is 0 Å². The zero-order valence-electron chi connectivity index (χ0n) is 7.40. The van der Waals surface area contributed by atoms with Gasteiger partial charge in [0.1, 0.15) is 16.5 Å². The van der Waals surface area contributed by atoms with Crippen molar-refractivity contribution in [2.24, 2.45) is 0 Å². The van der Waals surface area contributed by atoms with Gasteiger partial charge in [0.25, 0.3) is 0 Å². The molecule has 0 N–H and O–H groups in total. The topological polar surface area (TPSA) is 25.4 Å². The van der Waals surface area contributed by atoms with Crippen LogP contribution in [-0.2, 0) is 0 Å². The molecule has 1 aromatic heterocycles. The van der Waals surface area contributed by atoms with Gasteiger partial charge in [0.15, 0.2) is 0 Å². The number of halogens is 1. The van der Waals surface area contributed by atoms with Gasteiger partial charge in [0.05, 0.1) is 6.20 Å². The van der Waals surface area contributed by atoms with E-state index in [0.29, 0.717) is 6.10 Å². The van der Waals surface area contributed by atoms with E-state index < -0.39 is 0 Å². The van der Waals surface area contributed by atoms with Crippen LogP contribution in [-0.4, -0.2) is 36.1 Å². The maximum atomic E-state index is 5.65. The monoisotopic (exact) mass is 242 g/mol. The third-order valence-electron chi connectivity index (χ3n) is 2.03. The molecule has 0 unspecified atom stereocenters. The Hall–Kier alpha value is -0.610. The SMILES string of the molecule is CN1CC(Oc2ccc(Br)nc2)C1. The predicted molar refractivity (Wildman–Crippen MR) is 53.9 cm³/mol. The molecule has 0 atom stereocenters. The van der Waals surface area contributed by atoms with E-state index in [1.165, 1.54) is 0 Å². The van der Waals surface area contributed by atoms with Crippen molar-refractivity contribution in [2.45, 2.75) is 6.10 Å². The van der Waals surface area contributed by atoms with E-state index in [9.17, 15) is 0 Å². The van der Waals surface area contributed by atoms with Crippen LogP contribution in [0.25, 0.3) is 0 Å². The Balaban J connectivity index is 1.91. The average Bonchev–Trinajstić information content (AvgIpc) is 2.06. The molecule has 1 aliphatic heterocycles. The van der Waals surface area contributed by atoms with Crippen molar-refractivity contribution in [3.05, 3.63) is 22.9 Å². The predicted octanol–water partition coefficient (Wildman–Crippen LogP) is 1.54. The average molecular weight is 243 g/mol. The van der Waals surface area contributed by atoms with Crippen molar-refractivity contribution in [2.75, 3.05) is 20.1 Å². The maximum Gasteiger partial charge on any atom is 0.138 e. The lowest BCUT2D eigenvalue weighted by atomic mass is 10.2. The number of rotatable bonds is 2. The van der Waals surface area contributed by atoms with E-state index in [4.69, 9.17) is 4.74 Å². The molecule has 3 nitrogen and oxygen atoms in total. The fourth-order valence-corrected chi connectivity index (χ4v) is 1.58. The number of pyridine rings is 1. The Morgan fingerprint density at radius 1 is 1.54 bits per heavy atom. The summed E-state index contributed by atoms with van der Waals surface area (Å²) in [6.07, 6.45) is 2.08. The Labute approximate surface area is 85.8 Å². The van der Waals surface area contributed by atoms with Crippen molar-refractivity contribution < 1.29 is 4.74 Å². The van der Waals surface area contributed by atoms with E-state index in [1.807, 2.05) is 12.1 Å². The highest BCUT2D eigenvalue weighted by atomic mass is 79.9. The van der Waals surface area contributed by atoms with Crippen LogP contribution in [0, 0.1) is 0 Å². The minimum Gasteiger partial charge on any atom is -0.486 e. The molecular weight excluding hydrogens is 232 g/mol. The van der Waals surface area contributed by atoms with Gasteiger partial charge in [-0.25, -0.2) is 4.98 Å². The molecule has 1 aliphatic rings. The number of ether oxygens (including phenoxy) is 1. The lowest BCUT2D eigenvalue weighted by Gasteiger charge is -2.35. The number of likely N-dealkylation sites (N-methyl/N-ethyl adjacent to an activating group) is 1. The molecule has 0 amide bonds. The third-order valence-corrected chi connectivity index (χ3v) is 2.50. The van der Waals surface area contributed by atoms with Crippen molar-refractivity contribution >= 4 is 15.9 Å². The highest BCUT2D eigenvalue weighted by molar-refractivity contribution is 9.10. The van der Waals surface area contributed by atoms with Gasteiger partial charge in [-0.05, 0) is 35.1 Å². The quantitative estimate of drug-likeness (QED) is 0.736. The molecule has 1 fully saturated rings. The zero-order chi connectivity index (χ0) is 9.26. The Bertz CT molecular complexity index is 282. The second-order valence-corrected chi connectivity index (χ2v) is 4.09. The number of likely N-dealkylation sites (tertiary alicyclic amines) is 1. The molecular formula is C9H11BrN2O. The molecule has 0 saturated carbocycles. The fourth-order valence-electron chi connectivity index (χ4n) is 1.34. The summed E-state index contributed by atoms with van der Waals surface area (Å²) in [6.45, 7) is 2.02. The van der Waals surface area contributed by atoms with Crippen molar-refractivity contribution in [1.29, 1.82) is 0 Å². The number of hydrogen-bond acceptors (Lipinski definition) is 3. The Kier molecular flexibility index (Phi) is 2.51. The first-order valence-electron chi connectivity index (χ1n) is 4.21. The molecule has 2 rings (SSSR count). The second kappa shape index (κ2) is 3.64. The van der Waals surface area contributed by atoms with Gasteiger partial charge in [-0.2, -0.15) is 0 Å². The summed E-state index contributed by atoms with van der Waals surface area (Å²) in [6, 6.07) is 3.81. The summed E-state index contributed by atoms with van der Waals surface area (Å²) in [4.78, 5) is 6.31. The van der Waals surface area contributed by atoms with Gasteiger partial charge in [0.2, 0.25) is 0 Å². The lowest BCUT2D eigenvalue weighted by Crippen LogP contribution is -2.51. The maximum absolute atomic E-state index is 5.65. The number of hydrogen-bond donors (Lipinski definition) is 0. The molecule has 1 saturated heterocycles. The summed E-state index contributed by atoms with van der Waals surface area (Å²) in [5, 5.41) is 0. The molecule has 70 valence electrons. The minimum absolute atomic E-state index is 0.341. The summed E-state index contributed by atoms with van der Waals surface area (Å²) in [5.74, 6) is 0.848. The van der Waals surface area contributed by atoms with Crippen LogP contribution >= 0.6 is 15.9 Å². The molecule has 0 spiro atoms. The molecule has 2 heterocycles. The summed E-state index contributed by atoms with van der Waals surface area (Å²) >= 11 is 3.28. The standard InChI is InChI=1S/C9H11BrN2O/c1-12-5-8(6-12)13-7-2-3-9(10)11-4-7/h2-4,8H,5-6H2,1H3. The van der Waals surface area contributed by atoms with Crippen LogP contribution < -0.4 is 4.74 Å². The normalized spacial score (nSPS) is 18.3. The second-order valence-electron chi connectivity index (χ2n) is 3.28. The van der Waals surface area contributed by atoms with Crippen LogP contribution in [0.5, 0.6) is 5.75 Å². The fraction of sp³-hybridized carbons (Fsp3) is 0.444. The molecule has 0 radical (unpaired) electrons. The zero-order valence-corrected chi connectivity index (χ0v) is 8.99. The van der Waals surface area contributed by atoms with Crippen LogP contribution in [0.1, 0.15) is 0 Å². The molecule has 0 aromatic carbocycles. The molecule has 0 aliphatic carbocycles. The highest BCUT2D eigenvalue weighted by Gasteiger charge is 2.24. The first kappa shape index (κ1) is 8.97. The van der Waals surface area contributed by atoms with Crippen LogP contribution in [0.3, 0.4) is 0 Å². The van der Waals surface area contributed by atoms with E-state index in [0.717, 1.165) is 23.4 Å². The van der Waals surface area contributed by atoms with Crippen LogP contribution in [0.15, 0.2) is 22.9 Å². The van der Waals surface area contributed by atoms with E-state index in [1.54, 1.807) is 6.20 Å². The molecule has 13 heavy (non-hydrogen) atoms. The number of nitrogens with zero attached hydrogens (tertiary/aromatic N) is 2. The van der Waals surface area contributed by atoms with Gasteiger partial charge >= 0.3 is 0 Å².